The largest absolute Gasteiger partial charge is 0.497 e. The zero-order valence-corrected chi connectivity index (χ0v) is 41.6. The molecule has 0 bridgehead atoms. The Bertz CT molecular complexity index is 3090. The van der Waals surface area contributed by atoms with Crippen molar-refractivity contribution in [3.8, 4) is 34.4 Å². The Balaban J connectivity index is 0.759. The molecule has 0 atom stereocenters. The number of alkyl halides is 1. The van der Waals surface area contributed by atoms with Gasteiger partial charge in [-0.1, -0.05) is 6.58 Å². The van der Waals surface area contributed by atoms with Crippen molar-refractivity contribution in [1.29, 1.82) is 0 Å². The molecule has 4 aliphatic heterocycles. The van der Waals surface area contributed by atoms with Crippen molar-refractivity contribution in [2.45, 2.75) is 82.2 Å². The minimum absolute atomic E-state index is 0.0113. The maximum absolute atomic E-state index is 16.5. The van der Waals surface area contributed by atoms with E-state index in [0.29, 0.717) is 80.7 Å². The number of fused-ring (bicyclic) bond motifs is 2. The number of aromatic nitrogens is 10. The number of benzene rings is 1. The Hall–Kier alpha value is -7.32. The van der Waals surface area contributed by atoms with E-state index >= 15 is 4.39 Å². The van der Waals surface area contributed by atoms with E-state index in [4.69, 9.17) is 40.9 Å². The summed E-state index contributed by atoms with van der Waals surface area (Å²) < 4.78 is 32.4. The number of nitrogens with zero attached hydrogens (tertiary/aromatic N) is 14. The van der Waals surface area contributed by atoms with Gasteiger partial charge >= 0.3 is 0 Å². The van der Waals surface area contributed by atoms with E-state index in [9.17, 15) is 4.79 Å². The molecular formula is C53H63FN16O3. The highest BCUT2D eigenvalue weighted by Gasteiger charge is 2.45. The molecule has 1 amide bonds. The number of carbonyl (C=O) groups is 1. The molecule has 0 aliphatic carbocycles. The molecule has 4 aliphatic rings. The lowest BCUT2D eigenvalue weighted by molar-refractivity contribution is -0.148. The number of carbonyl (C=O) groups excluding carboxylic acids is 1. The van der Waals surface area contributed by atoms with E-state index in [1.54, 1.807) is 37.7 Å². The van der Waals surface area contributed by atoms with Crippen molar-refractivity contribution in [2.24, 2.45) is 5.92 Å². The summed E-state index contributed by atoms with van der Waals surface area (Å²) in [5, 5.41) is 0. The molecule has 4 saturated heterocycles. The van der Waals surface area contributed by atoms with Gasteiger partial charge in [0, 0.05) is 149 Å². The third-order valence-corrected chi connectivity index (χ3v) is 15.6. The molecule has 380 valence electrons. The van der Waals surface area contributed by atoms with E-state index in [-0.39, 0.29) is 30.9 Å². The monoisotopic (exact) mass is 991 g/mol. The molecule has 19 nitrogen and oxygen atoms in total. The number of rotatable bonds is 13. The Morgan fingerprint density at radius 2 is 1.29 bits per heavy atom. The molecule has 4 fully saturated rings. The highest BCUT2D eigenvalue weighted by molar-refractivity contribution is 5.86. The van der Waals surface area contributed by atoms with Gasteiger partial charge in [0.25, 0.3) is 11.9 Å². The zero-order valence-electron chi connectivity index (χ0n) is 41.6. The van der Waals surface area contributed by atoms with Crippen molar-refractivity contribution in [1.82, 2.24) is 68.6 Å². The summed E-state index contributed by atoms with van der Waals surface area (Å²) in [4.78, 5) is 59.2. The molecule has 6 aromatic heterocycles. The first-order valence-corrected chi connectivity index (χ1v) is 25.5. The lowest BCUT2D eigenvalue weighted by atomic mass is 9.90. The van der Waals surface area contributed by atoms with Crippen LogP contribution in [0.1, 0.15) is 74.6 Å². The number of nitrogen functional groups attached to an aromatic ring is 2. The smallest absolute Gasteiger partial charge is 0.298 e. The summed E-state index contributed by atoms with van der Waals surface area (Å²) in [6.45, 7) is 11.7. The van der Waals surface area contributed by atoms with Crippen LogP contribution in [0.25, 0.3) is 44.8 Å². The number of likely N-dealkylation sites (tertiary alicyclic amines) is 4. The Kier molecular flexibility index (Phi) is 13.3. The predicted octanol–water partition coefficient (Wildman–Crippen LogP) is 6.50. The SMILES string of the molecule is C=C(C1CCN(Cc2cnc(N)nc2)CC1)N1CCC(n2c(OC)nc3cc(-c4ccnc(-c5nc6cc(OC)ccc6n5C5CCN(C(=O)C6(F)CCN(Cc7cnc(N)nc7)CC6)CC5)c4)cnc32)CC1. The van der Waals surface area contributed by atoms with Crippen LogP contribution in [-0.2, 0) is 17.9 Å². The number of hydrogen-bond donors (Lipinski definition) is 2. The quantitative estimate of drug-likeness (QED) is 0.126. The molecule has 4 N–H and O–H groups in total. The molecule has 0 saturated carbocycles. The van der Waals surface area contributed by atoms with Gasteiger partial charge < -0.3 is 35.3 Å². The number of imidazole rings is 2. The van der Waals surface area contributed by atoms with Gasteiger partial charge in [-0.05, 0) is 87.5 Å². The first kappa shape index (κ1) is 48.0. The standard InChI is InChI=1S/C53H63FN16O3/c1-34(37-7-16-65(17-8-37)32-35-27-59-50(55)60-28-35)67-18-9-41(10-19-67)70-47-45(64-52(70)73-3)25-39(31-58-47)38-6-15-57-44(24-38)48-63-43-26-42(72-2)4-5-46(43)69(48)40-11-20-68(21-12-40)49(71)53(54)13-22-66(23-14-53)33-36-29-61-51(56)62-30-36/h4-6,15,24-31,37,40-41H,1,7-14,16-23,32-33H2,2-3H3,(H2,55,59,60)(H2,56,61,62). The second kappa shape index (κ2) is 20.3. The number of methoxy groups -OCH3 is 2. The van der Waals surface area contributed by atoms with E-state index in [1.165, 1.54) is 5.70 Å². The van der Waals surface area contributed by atoms with E-state index in [2.05, 4.69) is 56.4 Å². The fourth-order valence-electron chi connectivity index (χ4n) is 11.5. The van der Waals surface area contributed by atoms with Gasteiger partial charge in [-0.2, -0.15) is 4.98 Å². The Labute approximate surface area is 423 Å². The summed E-state index contributed by atoms with van der Waals surface area (Å²) in [6, 6.07) is 12.7. The van der Waals surface area contributed by atoms with Crippen molar-refractivity contribution in [3.63, 3.8) is 0 Å². The van der Waals surface area contributed by atoms with Gasteiger partial charge in [0.15, 0.2) is 17.1 Å². The first-order chi connectivity index (χ1) is 35.5. The van der Waals surface area contributed by atoms with Gasteiger partial charge in [0.05, 0.1) is 25.3 Å². The second-order valence-electron chi connectivity index (χ2n) is 20.0. The molecule has 0 unspecified atom stereocenters. The predicted molar refractivity (Wildman–Crippen MR) is 276 cm³/mol. The van der Waals surface area contributed by atoms with Crippen LogP contribution in [0.5, 0.6) is 11.8 Å². The lowest BCUT2D eigenvalue weighted by Crippen LogP contribution is -2.53. The van der Waals surface area contributed by atoms with Gasteiger partial charge in [-0.25, -0.2) is 34.3 Å². The highest BCUT2D eigenvalue weighted by atomic mass is 19.1. The number of amides is 1. The van der Waals surface area contributed by atoms with Gasteiger partial charge in [-0.15, -0.1) is 0 Å². The molecule has 11 rings (SSSR count). The number of halogens is 1. The molecule has 0 radical (unpaired) electrons. The average Bonchev–Trinajstić information content (AvgIpc) is 4.01. The van der Waals surface area contributed by atoms with Gasteiger partial charge in [0.1, 0.15) is 17.0 Å². The number of anilines is 2. The number of piperidine rings is 4. The second-order valence-corrected chi connectivity index (χ2v) is 20.0. The van der Waals surface area contributed by atoms with Crippen LogP contribution in [-0.4, -0.2) is 147 Å². The molecule has 10 heterocycles. The Morgan fingerprint density at radius 1 is 0.671 bits per heavy atom. The van der Waals surface area contributed by atoms with E-state index < -0.39 is 11.6 Å². The van der Waals surface area contributed by atoms with Crippen molar-refractivity contribution in [3.05, 3.63) is 97.0 Å². The van der Waals surface area contributed by atoms with Crippen LogP contribution in [0.2, 0.25) is 0 Å². The maximum Gasteiger partial charge on any atom is 0.298 e. The van der Waals surface area contributed by atoms with Crippen LogP contribution in [0, 0.1) is 5.92 Å². The van der Waals surface area contributed by atoms with Gasteiger partial charge in [-0.3, -0.25) is 24.1 Å². The summed E-state index contributed by atoms with van der Waals surface area (Å²) in [7, 11) is 3.31. The number of allylic oxidation sites excluding steroid dienone is 1. The highest BCUT2D eigenvalue weighted by Crippen LogP contribution is 2.39. The van der Waals surface area contributed by atoms with E-state index in [0.717, 1.165) is 103 Å². The van der Waals surface area contributed by atoms with Crippen LogP contribution >= 0.6 is 0 Å². The first-order valence-electron chi connectivity index (χ1n) is 25.5. The fourth-order valence-corrected chi connectivity index (χ4v) is 11.5. The molecular weight excluding hydrogens is 928 g/mol. The molecule has 73 heavy (non-hydrogen) atoms. The summed E-state index contributed by atoms with van der Waals surface area (Å²) in [5.74, 6) is 1.97. The molecule has 0 spiro atoms. The van der Waals surface area contributed by atoms with E-state index in [1.807, 2.05) is 48.9 Å². The fraction of sp³-hybridized carbons (Fsp3) is 0.453. The number of ether oxygens (including phenoxy) is 2. The van der Waals surface area contributed by atoms with Crippen LogP contribution in [0.3, 0.4) is 0 Å². The molecule has 1 aromatic carbocycles. The molecule has 20 heteroatoms. The number of nitrogens with two attached hydrogens (primary N) is 2. The zero-order chi connectivity index (χ0) is 50.2. The topological polar surface area (TPSA) is 214 Å². The average molecular weight is 991 g/mol. The molecule has 7 aromatic rings. The van der Waals surface area contributed by atoms with Crippen molar-refractivity contribution < 1.29 is 18.7 Å². The van der Waals surface area contributed by atoms with Crippen LogP contribution in [0.4, 0.5) is 16.3 Å². The third-order valence-electron chi connectivity index (χ3n) is 15.6. The lowest BCUT2D eigenvalue weighted by Gasteiger charge is -2.40. The summed E-state index contributed by atoms with van der Waals surface area (Å²) in [6.07, 6.45) is 16.3. The van der Waals surface area contributed by atoms with Crippen molar-refractivity contribution in [2.75, 3.05) is 78.0 Å². The Morgan fingerprint density at radius 3 is 1.92 bits per heavy atom. The number of hydrogen-bond acceptors (Lipinski definition) is 16. The van der Waals surface area contributed by atoms with Crippen molar-refractivity contribution >= 4 is 40.0 Å². The van der Waals surface area contributed by atoms with Crippen LogP contribution < -0.4 is 20.9 Å². The minimum atomic E-state index is -1.90. The third kappa shape index (κ3) is 9.84. The normalized spacial score (nSPS) is 18.7. The summed E-state index contributed by atoms with van der Waals surface area (Å²) >= 11 is 0. The van der Waals surface area contributed by atoms with Gasteiger partial charge in [0.2, 0.25) is 11.9 Å². The minimum Gasteiger partial charge on any atom is -0.497 e. The summed E-state index contributed by atoms with van der Waals surface area (Å²) in [5.41, 5.74) is 18.4. The van der Waals surface area contributed by atoms with Crippen LogP contribution in [0.15, 0.2) is 85.9 Å². The number of pyridine rings is 2. The maximum atomic E-state index is 16.5.